The molecule has 2 fully saturated rings. The first-order valence-electron chi connectivity index (χ1n) is 7.74. The van der Waals surface area contributed by atoms with Crippen molar-refractivity contribution in [2.45, 2.75) is 37.8 Å². The van der Waals surface area contributed by atoms with Crippen molar-refractivity contribution in [3.05, 3.63) is 36.1 Å². The topological polar surface area (TPSA) is 45.5 Å². The van der Waals surface area contributed by atoms with Gasteiger partial charge in [-0.25, -0.2) is 4.79 Å². The van der Waals surface area contributed by atoms with Crippen LogP contribution in [0.4, 0.5) is 4.79 Å². The highest BCUT2D eigenvalue weighted by molar-refractivity contribution is 5.79. The van der Waals surface area contributed by atoms with Gasteiger partial charge in [0.15, 0.2) is 0 Å². The Hall–Kier alpha value is -1.97. The van der Waals surface area contributed by atoms with E-state index >= 15 is 0 Å². The number of para-hydroxylation sites is 1. The Balaban J connectivity index is 1.57. The minimum Gasteiger partial charge on any atom is -0.459 e. The van der Waals surface area contributed by atoms with Gasteiger partial charge < -0.3 is 14.6 Å². The van der Waals surface area contributed by atoms with Gasteiger partial charge in [0.2, 0.25) is 0 Å². The Morgan fingerprint density at radius 1 is 1.29 bits per heavy atom. The average Bonchev–Trinajstić information content (AvgIpc) is 3.39. The summed E-state index contributed by atoms with van der Waals surface area (Å²) in [5.74, 6) is 1.40. The number of benzene rings is 1. The molecule has 0 bridgehead atoms. The molecular weight excluding hydrogens is 264 g/mol. The Kier molecular flexibility index (Phi) is 2.91. The van der Waals surface area contributed by atoms with Crippen molar-refractivity contribution in [1.29, 1.82) is 0 Å². The molecule has 2 aliphatic carbocycles. The number of carbonyl (C=O) groups is 1. The standard InChI is InChI=1S/C17H20N2O2/c1-19(13-8-9-13)17(20)18-16(11-6-7-11)15-10-12-4-2-3-5-14(12)21-15/h2-5,10-11,13,16H,6-9H2,1H3,(H,18,20). The summed E-state index contributed by atoms with van der Waals surface area (Å²) in [7, 11) is 1.88. The highest BCUT2D eigenvalue weighted by atomic mass is 16.3. The van der Waals surface area contributed by atoms with Gasteiger partial charge in [0, 0.05) is 18.5 Å². The van der Waals surface area contributed by atoms with Gasteiger partial charge in [0.1, 0.15) is 11.3 Å². The van der Waals surface area contributed by atoms with Crippen LogP contribution in [-0.2, 0) is 0 Å². The summed E-state index contributed by atoms with van der Waals surface area (Å²) >= 11 is 0. The van der Waals surface area contributed by atoms with Crippen molar-refractivity contribution in [3.63, 3.8) is 0 Å². The molecule has 4 nitrogen and oxygen atoms in total. The quantitative estimate of drug-likeness (QED) is 0.930. The van der Waals surface area contributed by atoms with Gasteiger partial charge in [-0.1, -0.05) is 18.2 Å². The van der Waals surface area contributed by atoms with Crippen LogP contribution < -0.4 is 5.32 Å². The Morgan fingerprint density at radius 2 is 2.05 bits per heavy atom. The van der Waals surface area contributed by atoms with Crippen LogP contribution >= 0.6 is 0 Å². The zero-order valence-corrected chi connectivity index (χ0v) is 12.2. The average molecular weight is 284 g/mol. The predicted octanol–water partition coefficient (Wildman–Crippen LogP) is 3.69. The summed E-state index contributed by atoms with van der Waals surface area (Å²) in [6.07, 6.45) is 4.58. The van der Waals surface area contributed by atoms with Crippen molar-refractivity contribution in [2.24, 2.45) is 5.92 Å². The van der Waals surface area contributed by atoms with E-state index in [2.05, 4.69) is 11.4 Å². The summed E-state index contributed by atoms with van der Waals surface area (Å²) in [5, 5.41) is 4.27. The monoisotopic (exact) mass is 284 g/mol. The molecule has 0 spiro atoms. The van der Waals surface area contributed by atoms with Gasteiger partial charge in [-0.15, -0.1) is 0 Å². The van der Waals surface area contributed by atoms with Crippen LogP contribution in [0.1, 0.15) is 37.5 Å². The van der Waals surface area contributed by atoms with Gasteiger partial charge in [-0.05, 0) is 43.7 Å². The smallest absolute Gasteiger partial charge is 0.317 e. The van der Waals surface area contributed by atoms with Crippen LogP contribution in [0.15, 0.2) is 34.7 Å². The third kappa shape index (κ3) is 2.50. The zero-order valence-electron chi connectivity index (χ0n) is 12.2. The maximum Gasteiger partial charge on any atom is 0.317 e. The maximum absolute atomic E-state index is 12.3. The van der Waals surface area contributed by atoms with Gasteiger partial charge in [-0.2, -0.15) is 0 Å². The molecule has 1 heterocycles. The lowest BCUT2D eigenvalue weighted by Gasteiger charge is -2.22. The van der Waals surface area contributed by atoms with E-state index in [1.165, 1.54) is 0 Å². The van der Waals surface area contributed by atoms with Crippen molar-refractivity contribution in [3.8, 4) is 0 Å². The summed E-state index contributed by atoms with van der Waals surface area (Å²) in [6.45, 7) is 0. The largest absolute Gasteiger partial charge is 0.459 e. The molecule has 21 heavy (non-hydrogen) atoms. The summed E-state index contributed by atoms with van der Waals surface area (Å²) in [4.78, 5) is 14.2. The Bertz CT molecular complexity index is 637. The molecule has 0 aliphatic heterocycles. The molecule has 1 aromatic carbocycles. The highest BCUT2D eigenvalue weighted by Crippen LogP contribution is 2.42. The Morgan fingerprint density at radius 3 is 2.71 bits per heavy atom. The Labute approximate surface area is 124 Å². The van der Waals surface area contributed by atoms with Crippen LogP contribution in [0.3, 0.4) is 0 Å². The van der Waals surface area contributed by atoms with Gasteiger partial charge in [0.05, 0.1) is 6.04 Å². The third-order valence-corrected chi connectivity index (χ3v) is 4.54. The van der Waals surface area contributed by atoms with Crippen LogP contribution in [0, 0.1) is 5.92 Å². The molecule has 2 saturated carbocycles. The number of amides is 2. The fraction of sp³-hybridized carbons (Fsp3) is 0.471. The van der Waals surface area contributed by atoms with E-state index in [1.54, 1.807) is 0 Å². The number of furan rings is 1. The molecule has 2 amide bonds. The van der Waals surface area contributed by atoms with Crippen molar-refractivity contribution >= 4 is 17.0 Å². The number of fused-ring (bicyclic) bond motifs is 1. The summed E-state index contributed by atoms with van der Waals surface area (Å²) in [6, 6.07) is 10.5. The van der Waals surface area contributed by atoms with Crippen LogP contribution in [0.5, 0.6) is 0 Å². The van der Waals surface area contributed by atoms with Crippen molar-refractivity contribution in [2.75, 3.05) is 7.05 Å². The summed E-state index contributed by atoms with van der Waals surface area (Å²) < 4.78 is 5.95. The number of carbonyl (C=O) groups excluding carboxylic acids is 1. The molecule has 0 radical (unpaired) electrons. The molecule has 4 rings (SSSR count). The molecule has 1 N–H and O–H groups in total. The lowest BCUT2D eigenvalue weighted by molar-refractivity contribution is 0.198. The highest BCUT2D eigenvalue weighted by Gasteiger charge is 2.38. The number of urea groups is 1. The fourth-order valence-corrected chi connectivity index (χ4v) is 2.87. The molecular formula is C17H20N2O2. The molecule has 2 aromatic rings. The molecule has 1 unspecified atom stereocenters. The molecule has 0 saturated heterocycles. The van der Waals surface area contributed by atoms with E-state index < -0.39 is 0 Å². The van der Waals surface area contributed by atoms with Gasteiger partial charge in [0.25, 0.3) is 0 Å². The fourth-order valence-electron chi connectivity index (χ4n) is 2.87. The van der Waals surface area contributed by atoms with Crippen LogP contribution in [0.25, 0.3) is 11.0 Å². The minimum atomic E-state index is 0.00565. The van der Waals surface area contributed by atoms with Gasteiger partial charge >= 0.3 is 6.03 Å². The normalized spacial score (nSPS) is 19.5. The van der Waals surface area contributed by atoms with E-state index in [-0.39, 0.29) is 12.1 Å². The van der Waals surface area contributed by atoms with E-state index in [4.69, 9.17) is 4.42 Å². The van der Waals surface area contributed by atoms with E-state index in [0.29, 0.717) is 12.0 Å². The number of nitrogens with zero attached hydrogens (tertiary/aromatic N) is 1. The first kappa shape index (κ1) is 12.7. The minimum absolute atomic E-state index is 0.00565. The molecule has 2 aliphatic rings. The first-order valence-corrected chi connectivity index (χ1v) is 7.74. The van der Waals surface area contributed by atoms with Crippen molar-refractivity contribution in [1.82, 2.24) is 10.2 Å². The van der Waals surface area contributed by atoms with Crippen molar-refractivity contribution < 1.29 is 9.21 Å². The second kappa shape index (κ2) is 4.79. The van der Waals surface area contributed by atoms with Crippen LogP contribution in [-0.4, -0.2) is 24.0 Å². The van der Waals surface area contributed by atoms with E-state index in [9.17, 15) is 4.79 Å². The second-order valence-electron chi connectivity index (χ2n) is 6.29. The lowest BCUT2D eigenvalue weighted by atomic mass is 10.1. The molecule has 110 valence electrons. The maximum atomic E-state index is 12.3. The lowest BCUT2D eigenvalue weighted by Crippen LogP contribution is -2.41. The molecule has 1 aromatic heterocycles. The SMILES string of the molecule is CN(C(=O)NC(c1cc2ccccc2o1)C1CC1)C1CC1. The summed E-state index contributed by atoms with van der Waals surface area (Å²) in [5.41, 5.74) is 0.892. The zero-order chi connectivity index (χ0) is 14.4. The number of hydrogen-bond acceptors (Lipinski definition) is 2. The van der Waals surface area contributed by atoms with E-state index in [1.807, 2.05) is 36.2 Å². The molecule has 4 heteroatoms. The van der Waals surface area contributed by atoms with Gasteiger partial charge in [-0.3, -0.25) is 0 Å². The number of nitrogens with one attached hydrogen (secondary N) is 1. The number of hydrogen-bond donors (Lipinski definition) is 1. The molecule has 1 atom stereocenters. The third-order valence-electron chi connectivity index (χ3n) is 4.54. The van der Waals surface area contributed by atoms with Crippen LogP contribution in [0.2, 0.25) is 0 Å². The first-order chi connectivity index (χ1) is 10.2. The predicted molar refractivity (Wildman–Crippen MR) is 81.0 cm³/mol. The second-order valence-corrected chi connectivity index (χ2v) is 6.29. The van der Waals surface area contributed by atoms with E-state index in [0.717, 1.165) is 42.4 Å². The number of rotatable bonds is 4.